The molecular formula is C17H35N5O2. The van der Waals surface area contributed by atoms with Crippen LogP contribution >= 0.6 is 0 Å². The number of carbonyl (C=O) groups is 2. The summed E-state index contributed by atoms with van der Waals surface area (Å²) < 4.78 is 0. The van der Waals surface area contributed by atoms with Crippen LogP contribution in [-0.2, 0) is 9.59 Å². The fourth-order valence-electron chi connectivity index (χ4n) is 2.41. The van der Waals surface area contributed by atoms with Crippen molar-refractivity contribution in [2.75, 3.05) is 6.54 Å². The molecule has 7 heteroatoms. The Morgan fingerprint density at radius 1 is 1.08 bits per heavy atom. The van der Waals surface area contributed by atoms with Gasteiger partial charge in [0.1, 0.15) is 0 Å². The molecule has 2 atom stereocenters. The van der Waals surface area contributed by atoms with E-state index >= 15 is 0 Å². The lowest BCUT2D eigenvalue weighted by Crippen LogP contribution is -2.54. The summed E-state index contributed by atoms with van der Waals surface area (Å²) in [6.45, 7) is 12.1. The highest BCUT2D eigenvalue weighted by atomic mass is 16.2. The third-order valence-electron chi connectivity index (χ3n) is 3.68. The molecule has 0 spiro atoms. The summed E-state index contributed by atoms with van der Waals surface area (Å²) in [5.74, 6) is -0.226. The molecule has 7 nitrogen and oxygen atoms in total. The third kappa shape index (κ3) is 8.86. The normalized spacial score (nSPS) is 13.9. The Balaban J connectivity index is 4.85. The fraction of sp³-hybridized carbons (Fsp3) is 0.824. The number of hydrogen-bond donors (Lipinski definition) is 5. The van der Waals surface area contributed by atoms with E-state index in [2.05, 4.69) is 16.0 Å². The minimum atomic E-state index is -0.513. The summed E-state index contributed by atoms with van der Waals surface area (Å²) >= 11 is 0. The second kappa shape index (κ2) is 11.0. The number of carbonyl (C=O) groups excluding carboxylic acids is 2. The molecule has 0 unspecified atom stereocenters. The van der Waals surface area contributed by atoms with Crippen LogP contribution in [0.5, 0.6) is 0 Å². The highest BCUT2D eigenvalue weighted by molar-refractivity contribution is 5.91. The molecule has 140 valence electrons. The van der Waals surface area contributed by atoms with Gasteiger partial charge in [-0.2, -0.15) is 0 Å². The van der Waals surface area contributed by atoms with E-state index in [0.29, 0.717) is 19.4 Å². The maximum Gasteiger partial charge on any atom is 0.237 e. The van der Waals surface area contributed by atoms with Gasteiger partial charge in [0.05, 0.1) is 12.1 Å². The van der Waals surface area contributed by atoms with Crippen LogP contribution in [0.3, 0.4) is 0 Å². The van der Waals surface area contributed by atoms with Crippen LogP contribution in [0.1, 0.15) is 54.4 Å². The van der Waals surface area contributed by atoms with Crippen LogP contribution in [0.15, 0.2) is 0 Å². The highest BCUT2D eigenvalue weighted by Crippen LogP contribution is 2.09. The number of nitrogens with one attached hydrogen (secondary N) is 4. The average molecular weight is 342 g/mol. The standard InChI is InChI=1S/C17H35N5O2/c1-10(2)14(21-12(5)6)16(24)22-13(15(23)11(3)4)8-7-9-20-17(18)19/h10-14,21H,7-9H2,1-6H3,(H,22,24)(H4,18,19,20)/t13-,14-/m0/s1. The Morgan fingerprint density at radius 2 is 1.67 bits per heavy atom. The molecule has 1 amide bonds. The van der Waals surface area contributed by atoms with Crippen molar-refractivity contribution in [3.8, 4) is 0 Å². The van der Waals surface area contributed by atoms with Crippen LogP contribution < -0.4 is 21.7 Å². The highest BCUT2D eigenvalue weighted by Gasteiger charge is 2.28. The summed E-state index contributed by atoms with van der Waals surface area (Å²) in [6, 6.07) is -0.661. The zero-order valence-electron chi connectivity index (χ0n) is 15.9. The number of ketones is 1. The van der Waals surface area contributed by atoms with Crippen LogP contribution in [0.2, 0.25) is 0 Å². The van der Waals surface area contributed by atoms with Crippen LogP contribution in [0, 0.1) is 17.2 Å². The van der Waals surface area contributed by atoms with Gasteiger partial charge in [0.25, 0.3) is 0 Å². The summed E-state index contributed by atoms with van der Waals surface area (Å²) in [6.07, 6.45) is 1.17. The zero-order chi connectivity index (χ0) is 18.9. The third-order valence-corrected chi connectivity index (χ3v) is 3.68. The van der Waals surface area contributed by atoms with E-state index in [4.69, 9.17) is 11.1 Å². The van der Waals surface area contributed by atoms with E-state index in [1.807, 2.05) is 41.5 Å². The molecule has 0 aromatic rings. The molecule has 0 aliphatic heterocycles. The van der Waals surface area contributed by atoms with Gasteiger partial charge in [0, 0.05) is 18.5 Å². The number of amides is 1. The first-order valence-corrected chi connectivity index (χ1v) is 8.74. The summed E-state index contributed by atoms with van der Waals surface area (Å²) in [5.41, 5.74) is 5.24. The largest absolute Gasteiger partial charge is 0.370 e. The van der Waals surface area contributed by atoms with Crippen molar-refractivity contribution in [1.29, 1.82) is 5.41 Å². The zero-order valence-corrected chi connectivity index (χ0v) is 15.9. The monoisotopic (exact) mass is 341 g/mol. The fourth-order valence-corrected chi connectivity index (χ4v) is 2.41. The van der Waals surface area contributed by atoms with Gasteiger partial charge < -0.3 is 21.7 Å². The molecule has 0 heterocycles. The molecule has 0 saturated heterocycles. The molecule has 0 aromatic carbocycles. The number of hydrogen-bond acceptors (Lipinski definition) is 4. The first-order valence-electron chi connectivity index (χ1n) is 8.74. The molecule has 0 rings (SSSR count). The lowest BCUT2D eigenvalue weighted by atomic mass is 9.96. The van der Waals surface area contributed by atoms with Crippen LogP contribution in [0.25, 0.3) is 0 Å². The molecule has 0 aliphatic carbocycles. The maximum atomic E-state index is 12.6. The van der Waals surface area contributed by atoms with E-state index in [1.165, 1.54) is 0 Å². The number of nitrogens with two attached hydrogens (primary N) is 1. The van der Waals surface area contributed by atoms with Gasteiger partial charge >= 0.3 is 0 Å². The molecule has 0 bridgehead atoms. The minimum Gasteiger partial charge on any atom is -0.370 e. The predicted molar refractivity (Wildman–Crippen MR) is 97.8 cm³/mol. The number of rotatable bonds is 11. The Hall–Kier alpha value is -1.63. The molecular weight excluding hydrogens is 306 g/mol. The van der Waals surface area contributed by atoms with Crippen LogP contribution in [-0.4, -0.2) is 42.3 Å². The van der Waals surface area contributed by atoms with Gasteiger partial charge in [0.2, 0.25) is 5.91 Å². The lowest BCUT2D eigenvalue weighted by molar-refractivity contribution is -0.131. The molecule has 0 aromatic heterocycles. The van der Waals surface area contributed by atoms with Gasteiger partial charge in [-0.1, -0.05) is 41.5 Å². The van der Waals surface area contributed by atoms with Gasteiger partial charge in [0.15, 0.2) is 11.7 Å². The van der Waals surface area contributed by atoms with E-state index in [9.17, 15) is 9.59 Å². The second-order valence-electron chi connectivity index (χ2n) is 7.14. The Bertz CT molecular complexity index is 421. The van der Waals surface area contributed by atoms with Crippen LogP contribution in [0.4, 0.5) is 0 Å². The quantitative estimate of drug-likeness (QED) is 0.218. The smallest absolute Gasteiger partial charge is 0.237 e. The molecule has 24 heavy (non-hydrogen) atoms. The van der Waals surface area contributed by atoms with Crippen molar-refractivity contribution < 1.29 is 9.59 Å². The van der Waals surface area contributed by atoms with Crippen molar-refractivity contribution in [3.05, 3.63) is 0 Å². The van der Waals surface area contributed by atoms with Gasteiger partial charge in [-0.05, 0) is 18.8 Å². The summed E-state index contributed by atoms with van der Waals surface area (Å²) in [7, 11) is 0. The van der Waals surface area contributed by atoms with Gasteiger partial charge in [-0.3, -0.25) is 15.0 Å². The van der Waals surface area contributed by atoms with Gasteiger partial charge in [-0.25, -0.2) is 0 Å². The minimum absolute atomic E-state index is 0.0261. The molecule has 0 saturated carbocycles. The summed E-state index contributed by atoms with van der Waals surface area (Å²) in [5, 5.41) is 16.0. The van der Waals surface area contributed by atoms with E-state index in [1.54, 1.807) is 0 Å². The SMILES string of the molecule is CC(C)N[C@H](C(=O)N[C@@H](CCCNC(=N)N)C(=O)C(C)C)C(C)C. The van der Waals surface area contributed by atoms with Crippen molar-refractivity contribution >= 4 is 17.6 Å². The number of Topliss-reactive ketones (excluding diaryl/α,β-unsaturated/α-hetero) is 1. The lowest BCUT2D eigenvalue weighted by Gasteiger charge is -2.27. The van der Waals surface area contributed by atoms with E-state index in [-0.39, 0.29) is 41.6 Å². The summed E-state index contributed by atoms with van der Waals surface area (Å²) in [4.78, 5) is 25.0. The molecule has 0 fully saturated rings. The maximum absolute atomic E-state index is 12.6. The van der Waals surface area contributed by atoms with E-state index in [0.717, 1.165) is 0 Å². The van der Waals surface area contributed by atoms with Crippen molar-refractivity contribution in [3.63, 3.8) is 0 Å². The molecule has 6 N–H and O–H groups in total. The number of guanidine groups is 1. The molecule has 0 radical (unpaired) electrons. The van der Waals surface area contributed by atoms with E-state index < -0.39 is 6.04 Å². The van der Waals surface area contributed by atoms with Crippen molar-refractivity contribution in [1.82, 2.24) is 16.0 Å². The van der Waals surface area contributed by atoms with Gasteiger partial charge in [-0.15, -0.1) is 0 Å². The second-order valence-corrected chi connectivity index (χ2v) is 7.14. The first kappa shape index (κ1) is 22.4. The van der Waals surface area contributed by atoms with Crippen molar-refractivity contribution in [2.45, 2.75) is 72.5 Å². The predicted octanol–water partition coefficient (Wildman–Crippen LogP) is 0.982. The average Bonchev–Trinajstić information content (AvgIpc) is 2.45. The Labute approximate surface area is 146 Å². The molecule has 0 aliphatic rings. The topological polar surface area (TPSA) is 120 Å². The Kier molecular flexibility index (Phi) is 10.3. The van der Waals surface area contributed by atoms with Crippen molar-refractivity contribution in [2.24, 2.45) is 17.6 Å². The first-order chi connectivity index (χ1) is 11.1. The Morgan fingerprint density at radius 3 is 2.08 bits per heavy atom.